The van der Waals surface area contributed by atoms with Gasteiger partial charge in [-0.1, -0.05) is 30.7 Å². The van der Waals surface area contributed by atoms with Crippen molar-refractivity contribution in [1.82, 2.24) is 5.32 Å². The molecule has 3 nitrogen and oxygen atoms in total. The third-order valence-electron chi connectivity index (χ3n) is 5.47. The van der Waals surface area contributed by atoms with E-state index < -0.39 is 0 Å². The number of hydrogen-bond donors (Lipinski definition) is 2. The van der Waals surface area contributed by atoms with Crippen molar-refractivity contribution in [2.75, 3.05) is 13.1 Å². The van der Waals surface area contributed by atoms with Gasteiger partial charge in [-0.25, -0.2) is 0 Å². The molecule has 22 heavy (non-hydrogen) atoms. The zero-order chi connectivity index (χ0) is 14.9. The zero-order valence-corrected chi connectivity index (χ0v) is 14.1. The number of nitrogens with two attached hydrogens (primary N) is 1. The van der Waals surface area contributed by atoms with Crippen LogP contribution in [0, 0.1) is 18.8 Å². The molecule has 2 aliphatic carbocycles. The van der Waals surface area contributed by atoms with Gasteiger partial charge in [-0.3, -0.25) is 4.79 Å². The average molecular weight is 323 g/mol. The lowest BCUT2D eigenvalue weighted by atomic mass is 9.91. The third-order valence-corrected chi connectivity index (χ3v) is 5.47. The molecule has 0 aliphatic heterocycles. The number of hydrogen-bond acceptors (Lipinski definition) is 2. The van der Waals surface area contributed by atoms with Crippen LogP contribution in [-0.2, 0) is 10.2 Å². The predicted octanol–water partition coefficient (Wildman–Crippen LogP) is 2.94. The Kier molecular flexibility index (Phi) is 5.51. The summed E-state index contributed by atoms with van der Waals surface area (Å²) in [7, 11) is 0. The van der Waals surface area contributed by atoms with Crippen LogP contribution >= 0.6 is 12.4 Å². The number of nitrogens with one attached hydrogen (secondary N) is 1. The first-order chi connectivity index (χ1) is 10.2. The molecular weight excluding hydrogens is 296 g/mol. The predicted molar refractivity (Wildman–Crippen MR) is 92.2 cm³/mol. The fourth-order valence-electron chi connectivity index (χ4n) is 3.91. The van der Waals surface area contributed by atoms with E-state index in [-0.39, 0.29) is 29.6 Å². The van der Waals surface area contributed by atoms with Crippen LogP contribution in [0.2, 0.25) is 0 Å². The van der Waals surface area contributed by atoms with E-state index >= 15 is 0 Å². The summed E-state index contributed by atoms with van der Waals surface area (Å²) in [6.07, 6.45) is 5.62. The number of rotatable bonds is 5. The number of benzene rings is 1. The first-order valence-electron chi connectivity index (χ1n) is 8.20. The van der Waals surface area contributed by atoms with Gasteiger partial charge < -0.3 is 11.1 Å². The highest BCUT2D eigenvalue weighted by molar-refractivity contribution is 5.85. The second-order valence-electron chi connectivity index (χ2n) is 6.85. The van der Waals surface area contributed by atoms with Crippen LogP contribution in [0.1, 0.15) is 43.2 Å². The molecule has 0 aromatic heterocycles. The Morgan fingerprint density at radius 3 is 2.68 bits per heavy atom. The molecule has 3 rings (SSSR count). The van der Waals surface area contributed by atoms with Crippen molar-refractivity contribution in [3.63, 3.8) is 0 Å². The van der Waals surface area contributed by atoms with Crippen LogP contribution in [-0.4, -0.2) is 19.0 Å². The van der Waals surface area contributed by atoms with Crippen molar-refractivity contribution in [1.29, 1.82) is 0 Å². The van der Waals surface area contributed by atoms with Crippen molar-refractivity contribution in [2.45, 2.75) is 44.4 Å². The van der Waals surface area contributed by atoms with Gasteiger partial charge in [-0.05, 0) is 56.2 Å². The van der Waals surface area contributed by atoms with E-state index in [2.05, 4.69) is 36.5 Å². The second kappa shape index (κ2) is 7.01. The van der Waals surface area contributed by atoms with E-state index in [9.17, 15) is 4.79 Å². The maximum atomic E-state index is 12.4. The first kappa shape index (κ1) is 17.3. The number of amides is 1. The maximum absolute atomic E-state index is 12.4. The number of halogens is 1. The number of carbonyl (C=O) groups excluding carboxylic acids is 1. The molecule has 0 radical (unpaired) electrons. The van der Waals surface area contributed by atoms with E-state index in [1.54, 1.807) is 0 Å². The van der Waals surface area contributed by atoms with Crippen molar-refractivity contribution < 1.29 is 4.79 Å². The highest BCUT2D eigenvalue weighted by Crippen LogP contribution is 2.48. The van der Waals surface area contributed by atoms with Crippen molar-refractivity contribution >= 4 is 18.3 Å². The van der Waals surface area contributed by atoms with Gasteiger partial charge in [-0.15, -0.1) is 12.4 Å². The molecule has 1 aromatic rings. The molecule has 2 aliphatic rings. The van der Waals surface area contributed by atoms with Crippen molar-refractivity contribution in [2.24, 2.45) is 17.6 Å². The molecule has 0 unspecified atom stereocenters. The molecule has 0 bridgehead atoms. The van der Waals surface area contributed by atoms with Crippen LogP contribution in [0.5, 0.6) is 0 Å². The first-order valence-corrected chi connectivity index (χ1v) is 8.20. The summed E-state index contributed by atoms with van der Waals surface area (Å²) in [5.74, 6) is 0.754. The highest BCUT2D eigenvalue weighted by atomic mass is 35.5. The SMILES string of the molecule is Cc1ccccc1C1(CNC(=O)[C@@H]2CCC[C@@H]2CN)CC1.Cl. The molecule has 2 fully saturated rings. The molecule has 2 saturated carbocycles. The highest BCUT2D eigenvalue weighted by Gasteiger charge is 2.45. The second-order valence-corrected chi connectivity index (χ2v) is 6.85. The number of aryl methyl sites for hydroxylation is 1. The molecule has 1 amide bonds. The standard InChI is InChI=1S/C18H26N2O.ClH/c1-13-5-2-3-8-16(13)18(9-10-18)12-20-17(21)15-7-4-6-14(15)11-19;/h2-3,5,8,14-15H,4,6-7,9-12,19H2,1H3,(H,20,21);1H/t14-,15-;/m1./s1. The Morgan fingerprint density at radius 1 is 1.32 bits per heavy atom. The Balaban J connectivity index is 0.00000176. The molecule has 0 heterocycles. The Bertz CT molecular complexity index is 528. The van der Waals surface area contributed by atoms with Crippen LogP contribution in [0.25, 0.3) is 0 Å². The quantitative estimate of drug-likeness (QED) is 0.875. The molecule has 0 spiro atoms. The van der Waals surface area contributed by atoms with Gasteiger partial charge in [-0.2, -0.15) is 0 Å². The third kappa shape index (κ3) is 3.31. The van der Waals surface area contributed by atoms with Gasteiger partial charge in [0.2, 0.25) is 5.91 Å². The van der Waals surface area contributed by atoms with Gasteiger partial charge >= 0.3 is 0 Å². The monoisotopic (exact) mass is 322 g/mol. The minimum absolute atomic E-state index is 0. The molecule has 122 valence electrons. The van der Waals surface area contributed by atoms with E-state index in [4.69, 9.17) is 5.73 Å². The average Bonchev–Trinajstić information content (AvgIpc) is 3.12. The summed E-state index contributed by atoms with van der Waals surface area (Å²) in [5, 5.41) is 3.22. The Morgan fingerprint density at radius 2 is 2.05 bits per heavy atom. The Labute approximate surface area is 139 Å². The summed E-state index contributed by atoms with van der Waals surface area (Å²) < 4.78 is 0. The van der Waals surface area contributed by atoms with Gasteiger partial charge in [0, 0.05) is 17.9 Å². The fourth-order valence-corrected chi connectivity index (χ4v) is 3.91. The summed E-state index contributed by atoms with van der Waals surface area (Å²) in [6.45, 7) is 3.59. The molecule has 1 aromatic carbocycles. The lowest BCUT2D eigenvalue weighted by Gasteiger charge is -2.22. The summed E-state index contributed by atoms with van der Waals surface area (Å²) >= 11 is 0. The van der Waals surface area contributed by atoms with E-state index in [0.717, 1.165) is 25.8 Å². The molecular formula is C18H27ClN2O. The van der Waals surface area contributed by atoms with Crippen molar-refractivity contribution in [3.8, 4) is 0 Å². The van der Waals surface area contributed by atoms with Gasteiger partial charge in [0.15, 0.2) is 0 Å². The van der Waals surface area contributed by atoms with E-state index in [1.807, 2.05) is 0 Å². The Hall–Kier alpha value is -1.06. The van der Waals surface area contributed by atoms with Gasteiger partial charge in [0.25, 0.3) is 0 Å². The number of carbonyl (C=O) groups is 1. The van der Waals surface area contributed by atoms with Gasteiger partial charge in [0.05, 0.1) is 0 Å². The van der Waals surface area contributed by atoms with Crippen LogP contribution in [0.3, 0.4) is 0 Å². The van der Waals surface area contributed by atoms with Crippen LogP contribution < -0.4 is 11.1 Å². The molecule has 4 heteroatoms. The van der Waals surface area contributed by atoms with E-state index in [0.29, 0.717) is 12.5 Å². The van der Waals surface area contributed by atoms with Crippen LogP contribution in [0.15, 0.2) is 24.3 Å². The maximum Gasteiger partial charge on any atom is 0.223 e. The topological polar surface area (TPSA) is 55.1 Å². The molecule has 2 atom stereocenters. The summed E-state index contributed by atoms with van der Waals surface area (Å²) in [5.41, 5.74) is 8.73. The van der Waals surface area contributed by atoms with Crippen LogP contribution in [0.4, 0.5) is 0 Å². The molecule has 3 N–H and O–H groups in total. The smallest absolute Gasteiger partial charge is 0.223 e. The minimum Gasteiger partial charge on any atom is -0.355 e. The minimum atomic E-state index is 0. The summed E-state index contributed by atoms with van der Waals surface area (Å²) in [6, 6.07) is 8.56. The zero-order valence-electron chi connectivity index (χ0n) is 13.3. The molecule has 0 saturated heterocycles. The lowest BCUT2D eigenvalue weighted by molar-refractivity contribution is -0.126. The van der Waals surface area contributed by atoms with Gasteiger partial charge in [0.1, 0.15) is 0 Å². The summed E-state index contributed by atoms with van der Waals surface area (Å²) in [4.78, 5) is 12.4. The lowest BCUT2D eigenvalue weighted by Crippen LogP contribution is -2.39. The largest absolute Gasteiger partial charge is 0.355 e. The van der Waals surface area contributed by atoms with E-state index in [1.165, 1.54) is 24.0 Å². The van der Waals surface area contributed by atoms with Crippen molar-refractivity contribution in [3.05, 3.63) is 35.4 Å². The fraction of sp³-hybridized carbons (Fsp3) is 0.611. The normalized spacial score (nSPS) is 25.4.